The number of benzene rings is 3. The molecule has 40 heavy (non-hydrogen) atoms. The molecule has 0 aliphatic heterocycles. The summed E-state index contributed by atoms with van der Waals surface area (Å²) in [4.78, 5) is 0. The maximum absolute atomic E-state index is 4.76. The Hall–Kier alpha value is -5.37. The van der Waals surface area contributed by atoms with Gasteiger partial charge in [-0.1, -0.05) is 84.9 Å². The highest BCUT2D eigenvalue weighted by Crippen LogP contribution is 2.14. The molecule has 0 amide bonds. The summed E-state index contributed by atoms with van der Waals surface area (Å²) in [5, 5.41) is 19.0. The van der Waals surface area contributed by atoms with Crippen LogP contribution in [0.3, 0.4) is 0 Å². The smallest absolute Gasteiger partial charge is 0.278 e. The molecule has 0 saturated carbocycles. The van der Waals surface area contributed by atoms with Crippen LogP contribution in [0.5, 0.6) is 0 Å². The van der Waals surface area contributed by atoms with Gasteiger partial charge in [-0.3, -0.25) is 0 Å². The quantitative estimate of drug-likeness (QED) is 0.287. The van der Waals surface area contributed by atoms with Crippen LogP contribution in [0.2, 0.25) is 0 Å². The summed E-state index contributed by atoms with van der Waals surface area (Å²) >= 11 is 0. The van der Waals surface area contributed by atoms with E-state index in [2.05, 4.69) is 72.8 Å². The van der Waals surface area contributed by atoms with Gasteiger partial charge in [0, 0.05) is 24.8 Å². The number of rotatable bonds is 8. The van der Waals surface area contributed by atoms with Crippen molar-refractivity contribution < 1.29 is 0 Å². The molecular weight excluding hydrogens is 494 g/mol. The Bertz CT molecular complexity index is 1560. The van der Waals surface area contributed by atoms with Crippen LogP contribution in [0.25, 0.3) is 0 Å². The van der Waals surface area contributed by atoms with Crippen LogP contribution in [-0.2, 0) is 0 Å². The van der Waals surface area contributed by atoms with Crippen LogP contribution in [0.15, 0.2) is 159 Å². The normalized spacial score (nSPS) is 12.0. The van der Waals surface area contributed by atoms with Crippen LogP contribution in [-0.4, -0.2) is 51.6 Å². The van der Waals surface area contributed by atoms with Gasteiger partial charge in [0.05, 0.1) is 0 Å². The molecule has 194 valence electrons. The topological polar surface area (TPSA) is 71.3 Å². The lowest BCUT2D eigenvalue weighted by Gasteiger charge is -2.45. The molecule has 0 saturated heterocycles. The summed E-state index contributed by atoms with van der Waals surface area (Å²) in [7, 11) is 0. The van der Waals surface area contributed by atoms with Crippen LogP contribution >= 0.6 is 0 Å². The Morgan fingerprint density at radius 2 is 0.600 bits per heavy atom. The molecule has 0 bridgehead atoms. The lowest BCUT2D eigenvalue weighted by molar-refractivity contribution is 0.841. The van der Waals surface area contributed by atoms with Gasteiger partial charge in [0.25, 0.3) is 12.8 Å². The van der Waals surface area contributed by atoms with Crippen molar-refractivity contribution in [3.63, 3.8) is 0 Å². The third kappa shape index (κ3) is 3.50. The van der Waals surface area contributed by atoms with E-state index in [-0.39, 0.29) is 0 Å². The molecule has 0 fully saturated rings. The molecule has 7 aromatic rings. The minimum absolute atomic E-state index is 1.07. The van der Waals surface area contributed by atoms with Gasteiger partial charge in [0.2, 0.25) is 0 Å². The van der Waals surface area contributed by atoms with Crippen molar-refractivity contribution in [3.8, 4) is 0 Å². The van der Waals surface area contributed by atoms with E-state index in [0.717, 1.165) is 21.9 Å². The number of hydrogen-bond acceptors (Lipinski definition) is 4. The molecule has 0 aliphatic rings. The third-order valence-electron chi connectivity index (χ3n) is 8.03. The zero-order valence-corrected chi connectivity index (χ0v) is 21.7. The molecule has 0 N–H and O–H groups in total. The fraction of sp³-hybridized carbons (Fsp3) is 0. The standard InChI is InChI=1S/C30H26B2N8/c1-3-11-27(12-4-1)31(37-23-7-19-33-37,38-24-8-20-34-38)29-15-17-30(18-16-29)32(39-25-9-21-35-39,40-26-10-22-36-40)28-13-5-2-6-14-28/h1-26H/q-2. The molecule has 4 heterocycles. The van der Waals surface area contributed by atoms with Crippen molar-refractivity contribution in [3.05, 3.63) is 159 Å². The monoisotopic (exact) mass is 520 g/mol. The molecule has 0 unspecified atom stereocenters. The van der Waals surface area contributed by atoms with Crippen molar-refractivity contribution in [1.82, 2.24) is 38.8 Å². The first-order valence-corrected chi connectivity index (χ1v) is 13.4. The Kier molecular flexibility index (Phi) is 5.78. The molecule has 10 heteroatoms. The first-order chi connectivity index (χ1) is 19.8. The van der Waals surface area contributed by atoms with Gasteiger partial charge in [-0.05, 0) is 49.1 Å². The molecule has 0 radical (unpaired) electrons. The van der Waals surface area contributed by atoms with Gasteiger partial charge in [0.1, 0.15) is 0 Å². The Morgan fingerprint density at radius 1 is 0.325 bits per heavy atom. The van der Waals surface area contributed by atoms with Crippen LogP contribution in [0, 0.1) is 0 Å². The largest absolute Gasteiger partial charge is 0.413 e. The molecule has 4 aromatic heterocycles. The van der Waals surface area contributed by atoms with Gasteiger partial charge in [0.15, 0.2) is 0 Å². The van der Waals surface area contributed by atoms with Crippen molar-refractivity contribution in [1.29, 1.82) is 0 Å². The minimum Gasteiger partial charge on any atom is -0.413 e. The molecule has 3 aromatic carbocycles. The predicted molar refractivity (Wildman–Crippen MR) is 160 cm³/mol. The highest BCUT2D eigenvalue weighted by atomic mass is 15.4. The van der Waals surface area contributed by atoms with Crippen LogP contribution in [0.4, 0.5) is 0 Å². The summed E-state index contributed by atoms with van der Waals surface area (Å²) in [5.41, 5.74) is 4.34. The fourth-order valence-electron chi connectivity index (χ4n) is 6.33. The number of aromatic nitrogens is 8. The average Bonchev–Trinajstić information content (AvgIpc) is 3.85. The summed E-state index contributed by atoms with van der Waals surface area (Å²) in [6, 6.07) is 37.5. The van der Waals surface area contributed by atoms with Crippen molar-refractivity contribution >= 4 is 34.7 Å². The van der Waals surface area contributed by atoms with Gasteiger partial charge in [-0.15, -0.1) is 0 Å². The zero-order valence-electron chi connectivity index (χ0n) is 21.7. The molecule has 0 aliphatic carbocycles. The fourth-order valence-corrected chi connectivity index (χ4v) is 6.33. The number of nitrogens with zero attached hydrogens (tertiary/aromatic N) is 8. The van der Waals surface area contributed by atoms with E-state index in [1.165, 1.54) is 0 Å². The Labute approximate surface area is 232 Å². The SMILES string of the molecule is c1ccc([B-](c2ccc([B-](c3ccccc3)(n3cccn3)n3cccn3)cc2)(n2cccn2)n2cccn2)cc1. The van der Waals surface area contributed by atoms with E-state index in [1.807, 2.05) is 104 Å². The minimum atomic E-state index is -1.77. The second kappa shape index (κ2) is 9.74. The van der Waals surface area contributed by atoms with Crippen molar-refractivity contribution in [2.75, 3.05) is 0 Å². The highest BCUT2D eigenvalue weighted by molar-refractivity contribution is 7.00. The second-order valence-electron chi connectivity index (χ2n) is 9.98. The summed E-state index contributed by atoms with van der Waals surface area (Å²) in [6.07, 6.45) is 11.7. The lowest BCUT2D eigenvalue weighted by atomic mass is 9.35. The van der Waals surface area contributed by atoms with Crippen LogP contribution < -0.4 is 21.9 Å². The maximum atomic E-state index is 4.76. The van der Waals surface area contributed by atoms with E-state index in [4.69, 9.17) is 20.4 Å². The second-order valence-corrected chi connectivity index (χ2v) is 9.98. The summed E-state index contributed by atoms with van der Waals surface area (Å²) < 4.78 is 8.09. The highest BCUT2D eigenvalue weighted by Gasteiger charge is 2.37. The Morgan fingerprint density at radius 3 is 0.850 bits per heavy atom. The van der Waals surface area contributed by atoms with E-state index >= 15 is 0 Å². The van der Waals surface area contributed by atoms with Crippen LogP contribution in [0.1, 0.15) is 0 Å². The number of hydrogen-bond donors (Lipinski definition) is 0. The van der Waals surface area contributed by atoms with Gasteiger partial charge < -0.3 is 18.4 Å². The van der Waals surface area contributed by atoms with Gasteiger partial charge >= 0.3 is 0 Å². The van der Waals surface area contributed by atoms with E-state index in [1.54, 1.807) is 0 Å². The summed E-state index contributed by atoms with van der Waals surface area (Å²) in [6.45, 7) is 0. The predicted octanol–water partition coefficient (Wildman–Crippen LogP) is 1.78. The first-order valence-electron chi connectivity index (χ1n) is 13.4. The van der Waals surface area contributed by atoms with Crippen molar-refractivity contribution in [2.24, 2.45) is 0 Å². The zero-order chi connectivity index (χ0) is 26.8. The maximum Gasteiger partial charge on any atom is 0.278 e. The summed E-state index contributed by atoms with van der Waals surface area (Å²) in [5.74, 6) is 0. The average molecular weight is 520 g/mol. The Balaban J connectivity index is 1.50. The van der Waals surface area contributed by atoms with Gasteiger partial charge in [-0.2, -0.15) is 21.9 Å². The molecular formula is C30H26B2N8-2. The lowest BCUT2D eigenvalue weighted by Crippen LogP contribution is -2.72. The third-order valence-corrected chi connectivity index (χ3v) is 8.03. The molecule has 7 rings (SSSR count). The van der Waals surface area contributed by atoms with Gasteiger partial charge in [-0.25, -0.2) is 20.4 Å². The first kappa shape index (κ1) is 23.7. The van der Waals surface area contributed by atoms with E-state index < -0.39 is 12.8 Å². The molecule has 8 nitrogen and oxygen atoms in total. The van der Waals surface area contributed by atoms with E-state index in [9.17, 15) is 0 Å². The van der Waals surface area contributed by atoms with Crippen molar-refractivity contribution in [2.45, 2.75) is 0 Å². The van der Waals surface area contributed by atoms with E-state index in [0.29, 0.717) is 0 Å². The molecule has 0 atom stereocenters. The molecule has 0 spiro atoms.